The number of rotatable bonds is 11. The lowest BCUT2D eigenvalue weighted by Gasteiger charge is -2.33. The van der Waals surface area contributed by atoms with Gasteiger partial charge in [-0.1, -0.05) is 42.8 Å². The molecular formula is C24H32ClN3O5S. The molecule has 1 unspecified atom stereocenters. The standard InChI is InChI=1S/C24H32ClN3O5S/c1-6-21(24(30)26-17(2)3)27(15-18-10-9-11-19(14-18)33-4)23(29)16-28(34(5,31)32)22-13-8-7-12-20(22)25/h7-14,17,21H,6,15-16H2,1-5H3,(H,26,30). The number of ether oxygens (including phenoxy) is 1. The van der Waals surface area contributed by atoms with Crippen molar-refractivity contribution >= 4 is 39.1 Å². The number of hydrogen-bond acceptors (Lipinski definition) is 5. The van der Waals surface area contributed by atoms with E-state index in [1.54, 1.807) is 50.4 Å². The Morgan fingerprint density at radius 2 is 1.79 bits per heavy atom. The Labute approximate surface area is 206 Å². The molecule has 0 fully saturated rings. The number of nitrogens with one attached hydrogen (secondary N) is 1. The summed E-state index contributed by atoms with van der Waals surface area (Å²) in [6.07, 6.45) is 1.36. The van der Waals surface area contributed by atoms with Gasteiger partial charge in [-0.05, 0) is 50.1 Å². The van der Waals surface area contributed by atoms with Crippen molar-refractivity contribution in [2.24, 2.45) is 0 Å². The minimum Gasteiger partial charge on any atom is -0.497 e. The molecule has 8 nitrogen and oxygen atoms in total. The number of carbonyl (C=O) groups is 2. The number of sulfonamides is 1. The summed E-state index contributed by atoms with van der Waals surface area (Å²) in [7, 11) is -2.30. The van der Waals surface area contributed by atoms with Crippen LogP contribution in [-0.2, 0) is 26.2 Å². The van der Waals surface area contributed by atoms with Crippen LogP contribution in [0.5, 0.6) is 5.75 Å². The Morgan fingerprint density at radius 1 is 1.12 bits per heavy atom. The molecule has 2 amide bonds. The van der Waals surface area contributed by atoms with Gasteiger partial charge in [0, 0.05) is 12.6 Å². The van der Waals surface area contributed by atoms with Gasteiger partial charge in [0.2, 0.25) is 21.8 Å². The van der Waals surface area contributed by atoms with Crippen LogP contribution in [0.15, 0.2) is 48.5 Å². The molecule has 0 aliphatic carbocycles. The van der Waals surface area contributed by atoms with Crippen LogP contribution in [0.25, 0.3) is 0 Å². The van der Waals surface area contributed by atoms with E-state index >= 15 is 0 Å². The normalized spacial score (nSPS) is 12.2. The first kappa shape index (κ1) is 27.5. The van der Waals surface area contributed by atoms with Gasteiger partial charge in [0.05, 0.1) is 24.1 Å². The van der Waals surface area contributed by atoms with Gasteiger partial charge in [-0.15, -0.1) is 0 Å². The molecule has 34 heavy (non-hydrogen) atoms. The van der Waals surface area contributed by atoms with Crippen LogP contribution in [-0.4, -0.2) is 57.1 Å². The maximum absolute atomic E-state index is 13.6. The summed E-state index contributed by atoms with van der Waals surface area (Å²) in [6.45, 7) is 5.07. The maximum Gasteiger partial charge on any atom is 0.244 e. The molecule has 0 radical (unpaired) electrons. The van der Waals surface area contributed by atoms with Crippen molar-refractivity contribution in [3.63, 3.8) is 0 Å². The average molecular weight is 510 g/mol. The molecule has 2 rings (SSSR count). The van der Waals surface area contributed by atoms with Gasteiger partial charge in [-0.25, -0.2) is 8.42 Å². The van der Waals surface area contributed by atoms with Gasteiger partial charge in [0.25, 0.3) is 0 Å². The highest BCUT2D eigenvalue weighted by Gasteiger charge is 2.32. The summed E-state index contributed by atoms with van der Waals surface area (Å²) in [4.78, 5) is 28.0. The van der Waals surface area contributed by atoms with E-state index in [-0.39, 0.29) is 29.2 Å². The number of benzene rings is 2. The maximum atomic E-state index is 13.6. The van der Waals surface area contributed by atoms with Crippen LogP contribution in [0, 0.1) is 0 Å². The third-order valence-corrected chi connectivity index (χ3v) is 6.55. The van der Waals surface area contributed by atoms with Crippen molar-refractivity contribution in [1.29, 1.82) is 0 Å². The molecule has 0 aliphatic rings. The van der Waals surface area contributed by atoms with Gasteiger partial charge in [0.1, 0.15) is 18.3 Å². The first-order chi connectivity index (χ1) is 16.0. The van der Waals surface area contributed by atoms with E-state index in [9.17, 15) is 18.0 Å². The second-order valence-corrected chi connectivity index (χ2v) is 10.5. The fourth-order valence-corrected chi connectivity index (χ4v) is 4.67. The van der Waals surface area contributed by atoms with E-state index in [2.05, 4.69) is 5.32 Å². The second kappa shape index (κ2) is 12.1. The number of nitrogens with zero attached hydrogens (tertiary/aromatic N) is 2. The molecular weight excluding hydrogens is 478 g/mol. The molecule has 0 saturated carbocycles. The van der Waals surface area contributed by atoms with E-state index in [1.165, 1.54) is 11.0 Å². The minimum absolute atomic E-state index is 0.0974. The SMILES string of the molecule is CCC(C(=O)NC(C)C)N(Cc1cccc(OC)c1)C(=O)CN(c1ccccc1Cl)S(C)(=O)=O. The summed E-state index contributed by atoms with van der Waals surface area (Å²) in [5.41, 5.74) is 0.938. The predicted molar refractivity (Wildman–Crippen MR) is 135 cm³/mol. The van der Waals surface area contributed by atoms with E-state index in [0.29, 0.717) is 12.2 Å². The number of halogens is 1. The number of amides is 2. The quantitative estimate of drug-likeness (QED) is 0.500. The molecule has 186 valence electrons. The Morgan fingerprint density at radius 3 is 2.35 bits per heavy atom. The van der Waals surface area contributed by atoms with Gasteiger partial charge >= 0.3 is 0 Å². The van der Waals surface area contributed by atoms with Crippen LogP contribution >= 0.6 is 11.6 Å². The second-order valence-electron chi connectivity index (χ2n) is 8.18. The average Bonchev–Trinajstić information content (AvgIpc) is 2.76. The summed E-state index contributed by atoms with van der Waals surface area (Å²) in [5.74, 6) is -0.227. The largest absolute Gasteiger partial charge is 0.497 e. The van der Waals surface area contributed by atoms with Crippen molar-refractivity contribution in [3.8, 4) is 5.75 Å². The van der Waals surface area contributed by atoms with Crippen LogP contribution in [0.2, 0.25) is 5.02 Å². The van der Waals surface area contributed by atoms with E-state index in [4.69, 9.17) is 16.3 Å². The van der Waals surface area contributed by atoms with E-state index < -0.39 is 28.5 Å². The molecule has 2 aromatic carbocycles. The van der Waals surface area contributed by atoms with Crippen molar-refractivity contribution in [2.75, 3.05) is 24.2 Å². The van der Waals surface area contributed by atoms with Crippen LogP contribution in [0.3, 0.4) is 0 Å². The van der Waals surface area contributed by atoms with Gasteiger partial charge in [0.15, 0.2) is 0 Å². The topological polar surface area (TPSA) is 96.0 Å². The first-order valence-corrected chi connectivity index (χ1v) is 13.2. The van der Waals surface area contributed by atoms with Gasteiger partial charge in [-0.3, -0.25) is 13.9 Å². The third-order valence-electron chi connectivity index (χ3n) is 5.10. The van der Waals surface area contributed by atoms with Gasteiger partial charge in [-0.2, -0.15) is 0 Å². The number of para-hydroxylation sites is 1. The Hall–Kier alpha value is -2.78. The third kappa shape index (κ3) is 7.36. The molecule has 0 aliphatic heterocycles. The van der Waals surface area contributed by atoms with Crippen LogP contribution in [0.4, 0.5) is 5.69 Å². The zero-order chi connectivity index (χ0) is 25.5. The van der Waals surface area contributed by atoms with Crippen molar-refractivity contribution in [2.45, 2.75) is 45.8 Å². The first-order valence-electron chi connectivity index (χ1n) is 10.9. The molecule has 10 heteroatoms. The fourth-order valence-electron chi connectivity index (χ4n) is 3.52. The molecule has 1 atom stereocenters. The highest BCUT2D eigenvalue weighted by Crippen LogP contribution is 2.27. The van der Waals surface area contributed by atoms with Gasteiger partial charge < -0.3 is 15.0 Å². The smallest absolute Gasteiger partial charge is 0.244 e. The molecule has 2 aromatic rings. The number of anilines is 1. The predicted octanol–water partition coefficient (Wildman–Crippen LogP) is 3.45. The Kier molecular flexibility index (Phi) is 9.76. The highest BCUT2D eigenvalue weighted by atomic mass is 35.5. The van der Waals surface area contributed by atoms with Crippen LogP contribution < -0.4 is 14.4 Å². The van der Waals surface area contributed by atoms with E-state index in [0.717, 1.165) is 16.1 Å². The monoisotopic (exact) mass is 509 g/mol. The van der Waals surface area contributed by atoms with Crippen molar-refractivity contribution in [3.05, 3.63) is 59.1 Å². The number of carbonyl (C=O) groups excluding carboxylic acids is 2. The summed E-state index contributed by atoms with van der Waals surface area (Å²) in [6, 6.07) is 12.6. The molecule has 0 spiro atoms. The Balaban J connectivity index is 2.47. The fraction of sp³-hybridized carbons (Fsp3) is 0.417. The molecule has 0 heterocycles. The lowest BCUT2D eigenvalue weighted by molar-refractivity contribution is -0.140. The summed E-state index contributed by atoms with van der Waals surface area (Å²) in [5, 5.41) is 3.05. The lowest BCUT2D eigenvalue weighted by Crippen LogP contribution is -2.53. The van der Waals surface area contributed by atoms with E-state index in [1.807, 2.05) is 19.9 Å². The lowest BCUT2D eigenvalue weighted by atomic mass is 10.1. The van der Waals surface area contributed by atoms with Crippen LogP contribution in [0.1, 0.15) is 32.8 Å². The highest BCUT2D eigenvalue weighted by molar-refractivity contribution is 7.92. The molecule has 0 aromatic heterocycles. The van der Waals surface area contributed by atoms with Crippen molar-refractivity contribution in [1.82, 2.24) is 10.2 Å². The number of hydrogen-bond donors (Lipinski definition) is 1. The molecule has 0 bridgehead atoms. The van der Waals surface area contributed by atoms with Crippen molar-refractivity contribution < 1.29 is 22.7 Å². The summed E-state index contributed by atoms with van der Waals surface area (Å²) < 4.78 is 31.4. The minimum atomic E-state index is -3.84. The zero-order valence-electron chi connectivity index (χ0n) is 20.1. The number of methoxy groups -OCH3 is 1. The molecule has 0 saturated heterocycles. The molecule has 1 N–H and O–H groups in total. The summed E-state index contributed by atoms with van der Waals surface area (Å²) >= 11 is 6.24. The zero-order valence-corrected chi connectivity index (χ0v) is 21.7. The Bertz CT molecular complexity index is 1110.